The largest absolute Gasteiger partial charge is 0.0622 e. The number of aryl methyl sites for hydroxylation is 1. The van der Waals surface area contributed by atoms with Crippen LogP contribution in [0.3, 0.4) is 0 Å². The summed E-state index contributed by atoms with van der Waals surface area (Å²) in [4.78, 5) is 0. The summed E-state index contributed by atoms with van der Waals surface area (Å²) in [6, 6.07) is 19.7. The first-order chi connectivity index (χ1) is 10.9. The average Bonchev–Trinajstić information content (AvgIpc) is 2.61. The predicted octanol–water partition coefficient (Wildman–Crippen LogP) is 6.65. The summed E-state index contributed by atoms with van der Waals surface area (Å²) in [6.07, 6.45) is 12.8. The van der Waals surface area contributed by atoms with Crippen LogP contribution in [0.15, 0.2) is 54.6 Å². The summed E-state index contributed by atoms with van der Waals surface area (Å²) in [5, 5.41) is 0. The minimum Gasteiger partial charge on any atom is -0.0622 e. The minimum absolute atomic E-state index is 1.03. The van der Waals surface area contributed by atoms with Crippen LogP contribution in [0.2, 0.25) is 0 Å². The van der Waals surface area contributed by atoms with Gasteiger partial charge in [-0.2, -0.15) is 0 Å². The Hall–Kier alpha value is -1.56. The summed E-state index contributed by atoms with van der Waals surface area (Å²) < 4.78 is 0. The van der Waals surface area contributed by atoms with Crippen molar-refractivity contribution in [2.24, 2.45) is 5.92 Å². The van der Waals surface area contributed by atoms with Gasteiger partial charge in [0.15, 0.2) is 0 Å². The second-order valence-electron chi connectivity index (χ2n) is 6.77. The van der Waals surface area contributed by atoms with Crippen molar-refractivity contribution < 1.29 is 0 Å². The first-order valence-corrected chi connectivity index (χ1v) is 9.07. The minimum atomic E-state index is 1.03. The predicted molar refractivity (Wildman–Crippen MR) is 96.0 cm³/mol. The molecule has 0 bridgehead atoms. The standard InChI is InChI=1S/C22H28/c1-3-11-19(12-4-1)13-7-8-16-21-17-9-10-18-22(21)20-14-5-2-6-15-20/h2,5-6,9-10,14-15,17-19H,1,3-4,7-8,11-13,16H2. The second kappa shape index (κ2) is 8.17. The Bertz CT molecular complexity index is 549. The number of unbranched alkanes of at least 4 members (excludes halogenated alkanes) is 1. The van der Waals surface area contributed by atoms with Crippen molar-refractivity contribution in [3.63, 3.8) is 0 Å². The van der Waals surface area contributed by atoms with Crippen molar-refractivity contribution in [3.8, 4) is 11.1 Å². The maximum atomic E-state index is 2.31. The zero-order chi connectivity index (χ0) is 15.0. The molecular formula is C22H28. The Labute approximate surface area is 135 Å². The number of hydrogen-bond acceptors (Lipinski definition) is 0. The van der Waals surface area contributed by atoms with Crippen LogP contribution in [0, 0.1) is 5.92 Å². The van der Waals surface area contributed by atoms with Gasteiger partial charge in [-0.25, -0.2) is 0 Å². The van der Waals surface area contributed by atoms with Gasteiger partial charge in [-0.3, -0.25) is 0 Å². The van der Waals surface area contributed by atoms with E-state index >= 15 is 0 Å². The highest BCUT2D eigenvalue weighted by Crippen LogP contribution is 2.29. The molecule has 0 heterocycles. The lowest BCUT2D eigenvalue weighted by atomic mass is 9.85. The molecule has 0 heteroatoms. The summed E-state index contributed by atoms with van der Waals surface area (Å²) >= 11 is 0. The van der Waals surface area contributed by atoms with E-state index in [2.05, 4.69) is 54.6 Å². The number of hydrogen-bond donors (Lipinski definition) is 0. The molecule has 0 nitrogen and oxygen atoms in total. The molecule has 0 atom stereocenters. The van der Waals surface area contributed by atoms with E-state index in [-0.39, 0.29) is 0 Å². The van der Waals surface area contributed by atoms with Gasteiger partial charge >= 0.3 is 0 Å². The topological polar surface area (TPSA) is 0 Å². The van der Waals surface area contributed by atoms with Gasteiger partial charge in [0.25, 0.3) is 0 Å². The number of benzene rings is 2. The van der Waals surface area contributed by atoms with Gasteiger partial charge in [-0.1, -0.05) is 99.5 Å². The Balaban J connectivity index is 1.54. The summed E-state index contributed by atoms with van der Waals surface area (Å²) in [6.45, 7) is 0. The van der Waals surface area contributed by atoms with E-state index in [4.69, 9.17) is 0 Å². The van der Waals surface area contributed by atoms with Gasteiger partial charge in [-0.15, -0.1) is 0 Å². The number of rotatable bonds is 6. The molecule has 116 valence electrons. The molecule has 3 rings (SSSR count). The van der Waals surface area contributed by atoms with Crippen LogP contribution in [0.4, 0.5) is 0 Å². The average molecular weight is 292 g/mol. The molecule has 1 fully saturated rings. The molecule has 2 aromatic carbocycles. The van der Waals surface area contributed by atoms with Crippen molar-refractivity contribution in [3.05, 3.63) is 60.2 Å². The lowest BCUT2D eigenvalue weighted by Crippen LogP contribution is -2.06. The van der Waals surface area contributed by atoms with Crippen LogP contribution < -0.4 is 0 Å². The van der Waals surface area contributed by atoms with Crippen molar-refractivity contribution in [1.29, 1.82) is 0 Å². The molecule has 1 aliphatic carbocycles. The monoisotopic (exact) mass is 292 g/mol. The van der Waals surface area contributed by atoms with E-state index in [0.717, 1.165) is 5.92 Å². The third-order valence-corrected chi connectivity index (χ3v) is 5.14. The molecule has 0 N–H and O–H groups in total. The van der Waals surface area contributed by atoms with E-state index in [1.165, 1.54) is 74.5 Å². The van der Waals surface area contributed by atoms with Gasteiger partial charge in [0.2, 0.25) is 0 Å². The smallest absolute Gasteiger partial charge is 0.0152 e. The summed E-state index contributed by atoms with van der Waals surface area (Å²) in [5.41, 5.74) is 4.28. The Morgan fingerprint density at radius 1 is 0.727 bits per heavy atom. The molecule has 22 heavy (non-hydrogen) atoms. The summed E-state index contributed by atoms with van der Waals surface area (Å²) in [5.74, 6) is 1.03. The van der Waals surface area contributed by atoms with Crippen molar-refractivity contribution >= 4 is 0 Å². The maximum absolute atomic E-state index is 2.31. The van der Waals surface area contributed by atoms with Gasteiger partial charge in [0.1, 0.15) is 0 Å². The van der Waals surface area contributed by atoms with Gasteiger partial charge in [0, 0.05) is 0 Å². The fraction of sp³-hybridized carbons (Fsp3) is 0.455. The first kappa shape index (κ1) is 15.3. The lowest BCUT2D eigenvalue weighted by molar-refractivity contribution is 0.330. The molecule has 2 aromatic rings. The van der Waals surface area contributed by atoms with Crippen LogP contribution in [0.5, 0.6) is 0 Å². The van der Waals surface area contributed by atoms with Gasteiger partial charge in [-0.05, 0) is 35.4 Å². The van der Waals surface area contributed by atoms with Crippen LogP contribution in [0.1, 0.15) is 56.9 Å². The Kier molecular flexibility index (Phi) is 5.70. The highest BCUT2D eigenvalue weighted by atomic mass is 14.2. The first-order valence-electron chi connectivity index (χ1n) is 9.07. The third-order valence-electron chi connectivity index (χ3n) is 5.14. The molecule has 0 radical (unpaired) electrons. The molecule has 0 aliphatic heterocycles. The van der Waals surface area contributed by atoms with Crippen LogP contribution >= 0.6 is 0 Å². The third kappa shape index (κ3) is 4.22. The van der Waals surface area contributed by atoms with Crippen LogP contribution in [-0.4, -0.2) is 0 Å². The molecule has 0 amide bonds. The van der Waals surface area contributed by atoms with Crippen molar-refractivity contribution in [2.75, 3.05) is 0 Å². The van der Waals surface area contributed by atoms with Gasteiger partial charge in [0.05, 0.1) is 0 Å². The Morgan fingerprint density at radius 3 is 2.27 bits per heavy atom. The normalized spacial score (nSPS) is 15.8. The highest BCUT2D eigenvalue weighted by Gasteiger charge is 2.12. The fourth-order valence-electron chi connectivity index (χ4n) is 3.86. The summed E-state index contributed by atoms with van der Waals surface area (Å²) in [7, 11) is 0. The van der Waals surface area contributed by atoms with Crippen LogP contribution in [-0.2, 0) is 6.42 Å². The van der Waals surface area contributed by atoms with E-state index < -0.39 is 0 Å². The zero-order valence-corrected chi connectivity index (χ0v) is 13.6. The molecule has 0 aromatic heterocycles. The molecule has 0 unspecified atom stereocenters. The molecule has 0 saturated heterocycles. The second-order valence-corrected chi connectivity index (χ2v) is 6.77. The van der Waals surface area contributed by atoms with Crippen molar-refractivity contribution in [1.82, 2.24) is 0 Å². The van der Waals surface area contributed by atoms with Crippen molar-refractivity contribution in [2.45, 2.75) is 57.8 Å². The lowest BCUT2D eigenvalue weighted by Gasteiger charge is -2.21. The SMILES string of the molecule is c1ccc(-c2ccccc2CCCCC2CCCCC2)cc1. The molecule has 0 spiro atoms. The van der Waals surface area contributed by atoms with E-state index in [9.17, 15) is 0 Å². The Morgan fingerprint density at radius 2 is 1.45 bits per heavy atom. The molecule has 1 saturated carbocycles. The highest BCUT2D eigenvalue weighted by molar-refractivity contribution is 5.67. The quantitative estimate of drug-likeness (QED) is 0.523. The van der Waals surface area contributed by atoms with E-state index in [1.807, 2.05) is 0 Å². The zero-order valence-electron chi connectivity index (χ0n) is 13.6. The molecule has 1 aliphatic rings. The maximum Gasteiger partial charge on any atom is -0.0152 e. The molecular weight excluding hydrogens is 264 g/mol. The van der Waals surface area contributed by atoms with E-state index in [1.54, 1.807) is 0 Å². The van der Waals surface area contributed by atoms with Gasteiger partial charge < -0.3 is 0 Å². The fourth-order valence-corrected chi connectivity index (χ4v) is 3.86. The van der Waals surface area contributed by atoms with E-state index in [0.29, 0.717) is 0 Å². The van der Waals surface area contributed by atoms with Crippen LogP contribution in [0.25, 0.3) is 11.1 Å².